The van der Waals surface area contributed by atoms with Gasteiger partial charge in [0, 0.05) is 5.02 Å². The Morgan fingerprint density at radius 1 is 1.67 bits per heavy atom. The van der Waals surface area contributed by atoms with Crippen molar-refractivity contribution in [2.24, 2.45) is 0 Å². The van der Waals surface area contributed by atoms with Crippen LogP contribution in [0.25, 0.3) is 0 Å². The molecule has 0 aliphatic rings. The number of nitrogen functional groups attached to an aromatic ring is 1. The molecule has 1 aromatic rings. The Labute approximate surface area is 31.8 Å². The van der Waals surface area contributed by atoms with Crippen molar-refractivity contribution in [3.8, 4) is 0 Å². The maximum Gasteiger partial charge on any atom is 0.566 e. The summed E-state index contributed by atoms with van der Waals surface area (Å²) >= 11 is 0. The molecular weight excluding hydrogens is 88.0 g/mol. The molecule has 0 bridgehead atoms. The van der Waals surface area contributed by atoms with Crippen LogP contribution in [0.2, 0.25) is 0 Å². The highest BCUT2D eigenvalue weighted by Gasteiger charge is 1.91. The molecule has 1 rings (SSSR count). The van der Waals surface area contributed by atoms with Crippen LogP contribution in [0, 0.1) is 0 Å². The van der Waals surface area contributed by atoms with Crippen LogP contribution in [-0.4, -0.2) is 5.02 Å². The van der Waals surface area contributed by atoms with E-state index in [9.17, 15) is 4.79 Å². The summed E-state index contributed by atoms with van der Waals surface area (Å²) in [6.45, 7) is 0. The highest BCUT2D eigenvalue weighted by atomic mass is 16.9. The van der Waals surface area contributed by atoms with Crippen LogP contribution in [0.15, 0.2) is 13.8 Å². The number of nitrogens with zero attached hydrogens (tertiary/aromatic N) is 1. The maximum atomic E-state index is 9.54. The van der Waals surface area contributed by atoms with Crippen LogP contribution in [0.4, 0.5) is 0 Å². The van der Waals surface area contributed by atoms with Gasteiger partial charge in [0.2, 0.25) is 0 Å². The van der Waals surface area contributed by atoms with E-state index in [0.29, 0.717) is 5.02 Å². The molecule has 0 saturated carbocycles. The monoisotopic (exact) mass is 90.0 g/mol. The quantitative estimate of drug-likeness (QED) is 0.404. The van der Waals surface area contributed by atoms with Crippen LogP contribution in [-0.2, 0) is 0 Å². The predicted molar refractivity (Wildman–Crippen MR) is 15.4 cm³/mol. The van der Waals surface area contributed by atoms with Gasteiger partial charge in [-0.25, -0.2) is 0 Å². The zero-order valence-corrected chi connectivity index (χ0v) is 2.75. The second-order valence-corrected chi connectivity index (χ2v) is 0.718. The molecule has 0 amide bonds. The summed E-state index contributed by atoms with van der Waals surface area (Å²) in [5.74, 6) is 3.87. The molecule has 0 spiro atoms. The van der Waals surface area contributed by atoms with Gasteiger partial charge in [0.05, 0.1) is 0 Å². The second-order valence-electron chi connectivity index (χ2n) is 0.718. The average Bonchev–Trinajstić information content (AvgIpc) is 1.33. The van der Waals surface area contributed by atoms with Crippen molar-refractivity contribution in [3.05, 3.63) is 10.6 Å². The Balaban J connectivity index is 3.06. The zero-order chi connectivity index (χ0) is 4.57. The van der Waals surface area contributed by atoms with E-state index in [1.54, 1.807) is 0 Å². The Kier molecular flexibility index (Phi) is 0.346. The molecule has 5 nitrogen and oxygen atoms in total. The topological polar surface area (TPSA) is 74.3 Å². The van der Waals surface area contributed by atoms with Gasteiger partial charge in [-0.1, -0.05) is 0 Å². The molecule has 0 radical (unpaired) electrons. The molecule has 0 aliphatic carbocycles. The predicted octanol–water partition coefficient (Wildman–Crippen LogP) is -1.25. The normalized spacial score (nSPS) is 9.33. The third-order valence-electron chi connectivity index (χ3n) is 0.329. The molecule has 0 saturated heterocycles. The van der Waals surface area contributed by atoms with Gasteiger partial charge in [-0.15, -0.1) is 0 Å². The molecule has 0 unspecified atom stereocenters. The van der Waals surface area contributed by atoms with Gasteiger partial charge in [-0.05, 0) is 0 Å². The average molecular weight is 90.0 g/mol. The minimum Gasteiger partial charge on any atom is -0.279 e. The van der Waals surface area contributed by atoms with Crippen molar-refractivity contribution in [3.63, 3.8) is 0 Å². The van der Waals surface area contributed by atoms with Crippen LogP contribution in [0.5, 0.6) is 0 Å². The lowest BCUT2D eigenvalue weighted by Gasteiger charge is -1.88. The molecule has 0 aliphatic heterocycles. The molecule has 6 heavy (non-hydrogen) atoms. The summed E-state index contributed by atoms with van der Waals surface area (Å²) in [7, 11) is 0. The first-order chi connectivity index (χ1) is 2.79. The number of aromatic nitrogens is 1. The molecular formula is CH2N2O3. The Morgan fingerprint density at radius 3 is 2.17 bits per heavy atom. The van der Waals surface area contributed by atoms with E-state index < -0.39 is 5.82 Å². The van der Waals surface area contributed by atoms with E-state index in [4.69, 9.17) is 0 Å². The number of hydrogen-bond acceptors (Lipinski definition) is 4. The minimum atomic E-state index is -0.766. The maximum absolute atomic E-state index is 9.54. The summed E-state index contributed by atoms with van der Waals surface area (Å²) in [6.07, 6.45) is 0. The van der Waals surface area contributed by atoms with Crippen molar-refractivity contribution in [2.45, 2.75) is 0 Å². The number of nitrogens with two attached hydrogens (primary N) is 1. The van der Waals surface area contributed by atoms with E-state index in [0.717, 1.165) is 0 Å². The summed E-state index contributed by atoms with van der Waals surface area (Å²) < 4.78 is 7.78. The second kappa shape index (κ2) is 0.675. The molecule has 0 fully saturated rings. The summed E-state index contributed by atoms with van der Waals surface area (Å²) in [5.41, 5.74) is 0. The molecule has 2 N–H and O–H groups in total. The van der Waals surface area contributed by atoms with Gasteiger partial charge in [0.15, 0.2) is 0 Å². The third-order valence-corrected chi connectivity index (χ3v) is 0.329. The van der Waals surface area contributed by atoms with E-state index in [1.165, 1.54) is 0 Å². The zero-order valence-electron chi connectivity index (χ0n) is 2.75. The van der Waals surface area contributed by atoms with Gasteiger partial charge in [-0.3, -0.25) is 14.9 Å². The molecule has 0 aromatic carbocycles. The molecule has 5 heteroatoms. The van der Waals surface area contributed by atoms with E-state index in [2.05, 4.69) is 14.9 Å². The standard InChI is InChI=1S/CH2N2O3/c2-3-5-1(4)6-3/h2H2. The van der Waals surface area contributed by atoms with Crippen LogP contribution >= 0.6 is 0 Å². The van der Waals surface area contributed by atoms with E-state index in [1.807, 2.05) is 0 Å². The molecule has 1 heterocycles. The first-order valence-electron chi connectivity index (χ1n) is 1.24. The van der Waals surface area contributed by atoms with E-state index in [-0.39, 0.29) is 0 Å². The molecule has 0 atom stereocenters. The van der Waals surface area contributed by atoms with Crippen molar-refractivity contribution in [1.82, 2.24) is 5.02 Å². The SMILES string of the molecule is Nn1oc(=O)o1. The molecule has 1 aromatic heterocycles. The first kappa shape index (κ1) is 3.08. The van der Waals surface area contributed by atoms with Crippen LogP contribution < -0.4 is 11.7 Å². The minimum absolute atomic E-state index is 0.475. The highest BCUT2D eigenvalue weighted by molar-refractivity contribution is 4.23. The van der Waals surface area contributed by atoms with Crippen LogP contribution in [0.3, 0.4) is 0 Å². The first-order valence-corrected chi connectivity index (χ1v) is 1.24. The third kappa shape index (κ3) is 0.213. The van der Waals surface area contributed by atoms with Crippen molar-refractivity contribution >= 4 is 0 Å². The van der Waals surface area contributed by atoms with Gasteiger partial charge in [0.25, 0.3) is 0 Å². The fourth-order valence-electron chi connectivity index (χ4n) is 0.154. The summed E-state index contributed by atoms with van der Waals surface area (Å²) in [5, 5.41) is 0.475. The Hall–Kier alpha value is -1.13. The van der Waals surface area contributed by atoms with Crippen molar-refractivity contribution in [2.75, 3.05) is 5.84 Å². The smallest absolute Gasteiger partial charge is 0.279 e. The Morgan fingerprint density at radius 2 is 2.17 bits per heavy atom. The van der Waals surface area contributed by atoms with Crippen molar-refractivity contribution in [1.29, 1.82) is 0 Å². The highest BCUT2D eigenvalue weighted by Crippen LogP contribution is 1.63. The summed E-state index contributed by atoms with van der Waals surface area (Å²) in [4.78, 5) is 9.54. The lowest BCUT2D eigenvalue weighted by molar-refractivity contribution is -0.0554. The summed E-state index contributed by atoms with van der Waals surface area (Å²) in [6, 6.07) is 0. The van der Waals surface area contributed by atoms with Crippen LogP contribution in [0.1, 0.15) is 0 Å². The van der Waals surface area contributed by atoms with Gasteiger partial charge in [-0.2, -0.15) is 4.79 Å². The fraction of sp³-hybridized carbons (Fsp3) is 0. The molecule has 34 valence electrons. The van der Waals surface area contributed by atoms with Crippen molar-refractivity contribution < 1.29 is 9.05 Å². The van der Waals surface area contributed by atoms with Gasteiger partial charge < -0.3 is 0 Å². The largest absolute Gasteiger partial charge is 0.566 e. The lowest BCUT2D eigenvalue weighted by atomic mass is 11.5. The van der Waals surface area contributed by atoms with Gasteiger partial charge in [0.1, 0.15) is 0 Å². The number of hydrogen-bond donors (Lipinski definition) is 1. The number of rotatable bonds is 0. The lowest BCUT2D eigenvalue weighted by Crippen LogP contribution is -2.22. The van der Waals surface area contributed by atoms with Gasteiger partial charge >= 0.3 is 5.82 Å². The fourth-order valence-corrected chi connectivity index (χ4v) is 0.154. The van der Waals surface area contributed by atoms with E-state index >= 15 is 0 Å². The Bertz CT molecular complexity index is 153.